The number of nitrogens with one attached hydrogen (secondary N) is 1. The standard InChI is InChI=1S/C21H27NO2/c1-4-20(24-19-12-10-16(2)11-13-19)21(23)22-14-6-9-18-8-5-7-17(3)15-18/h5,7-8,10-13,15,20H,4,6,9,14H2,1-3H3,(H,22,23). The normalized spacial score (nSPS) is 11.8. The average molecular weight is 325 g/mol. The van der Waals surface area contributed by atoms with Gasteiger partial charge < -0.3 is 10.1 Å². The van der Waals surface area contributed by atoms with E-state index < -0.39 is 6.10 Å². The minimum Gasteiger partial charge on any atom is -0.481 e. The van der Waals surface area contributed by atoms with Crippen LogP contribution in [0.2, 0.25) is 0 Å². The topological polar surface area (TPSA) is 38.3 Å². The predicted molar refractivity (Wildman–Crippen MR) is 98.4 cm³/mol. The Kier molecular flexibility index (Phi) is 6.86. The predicted octanol–water partition coefficient (Wildman–Crippen LogP) is 4.21. The Labute approximate surface area is 145 Å². The molecule has 2 aromatic carbocycles. The minimum absolute atomic E-state index is 0.0395. The van der Waals surface area contributed by atoms with Gasteiger partial charge in [0, 0.05) is 6.54 Å². The van der Waals surface area contributed by atoms with Crippen molar-refractivity contribution in [2.75, 3.05) is 6.54 Å². The first-order chi connectivity index (χ1) is 11.6. The molecule has 0 saturated heterocycles. The lowest BCUT2D eigenvalue weighted by Crippen LogP contribution is -2.38. The summed E-state index contributed by atoms with van der Waals surface area (Å²) in [7, 11) is 0. The highest BCUT2D eigenvalue weighted by Gasteiger charge is 2.17. The number of benzene rings is 2. The van der Waals surface area contributed by atoms with Crippen LogP contribution in [0.15, 0.2) is 48.5 Å². The van der Waals surface area contributed by atoms with Crippen molar-refractivity contribution in [3.8, 4) is 5.75 Å². The Balaban J connectivity index is 1.76. The number of hydrogen-bond acceptors (Lipinski definition) is 2. The van der Waals surface area contributed by atoms with Crippen molar-refractivity contribution in [2.45, 2.75) is 46.1 Å². The van der Waals surface area contributed by atoms with Gasteiger partial charge in [-0.05, 0) is 50.8 Å². The summed E-state index contributed by atoms with van der Waals surface area (Å²) in [4.78, 5) is 12.3. The lowest BCUT2D eigenvalue weighted by Gasteiger charge is -2.17. The summed E-state index contributed by atoms with van der Waals surface area (Å²) in [6.07, 6.45) is 2.11. The van der Waals surface area contributed by atoms with Gasteiger partial charge in [-0.2, -0.15) is 0 Å². The molecule has 0 fully saturated rings. The maximum atomic E-state index is 12.3. The first kappa shape index (κ1) is 18.1. The Morgan fingerprint density at radius 3 is 2.50 bits per heavy atom. The van der Waals surface area contributed by atoms with Gasteiger partial charge in [-0.3, -0.25) is 4.79 Å². The zero-order valence-corrected chi connectivity index (χ0v) is 14.8. The van der Waals surface area contributed by atoms with Crippen LogP contribution in [-0.4, -0.2) is 18.6 Å². The minimum atomic E-state index is -0.438. The van der Waals surface area contributed by atoms with Crippen LogP contribution < -0.4 is 10.1 Å². The largest absolute Gasteiger partial charge is 0.481 e. The SMILES string of the molecule is CCC(Oc1ccc(C)cc1)C(=O)NCCCc1cccc(C)c1. The number of aryl methyl sites for hydroxylation is 3. The second kappa shape index (κ2) is 9.11. The van der Waals surface area contributed by atoms with E-state index in [-0.39, 0.29) is 5.91 Å². The van der Waals surface area contributed by atoms with Crippen molar-refractivity contribution in [2.24, 2.45) is 0 Å². The summed E-state index contributed by atoms with van der Waals surface area (Å²) in [5.74, 6) is 0.699. The van der Waals surface area contributed by atoms with Crippen molar-refractivity contribution in [1.82, 2.24) is 5.32 Å². The van der Waals surface area contributed by atoms with Crippen LogP contribution in [0.4, 0.5) is 0 Å². The summed E-state index contributed by atoms with van der Waals surface area (Å²) < 4.78 is 5.80. The lowest BCUT2D eigenvalue weighted by molar-refractivity contribution is -0.128. The second-order valence-electron chi connectivity index (χ2n) is 6.21. The molecule has 0 heterocycles. The van der Waals surface area contributed by atoms with Crippen LogP contribution in [0.5, 0.6) is 5.75 Å². The van der Waals surface area contributed by atoms with Crippen molar-refractivity contribution in [3.63, 3.8) is 0 Å². The van der Waals surface area contributed by atoms with Crippen LogP contribution in [0.1, 0.15) is 36.5 Å². The summed E-state index contributed by atoms with van der Waals surface area (Å²) in [5.41, 5.74) is 3.76. The molecule has 0 aliphatic carbocycles. The highest BCUT2D eigenvalue weighted by Crippen LogP contribution is 2.14. The van der Waals surface area contributed by atoms with Gasteiger partial charge in [0.15, 0.2) is 6.10 Å². The van der Waals surface area contributed by atoms with Crippen LogP contribution in [0.25, 0.3) is 0 Å². The van der Waals surface area contributed by atoms with Crippen molar-refractivity contribution < 1.29 is 9.53 Å². The highest BCUT2D eigenvalue weighted by atomic mass is 16.5. The fraction of sp³-hybridized carbons (Fsp3) is 0.381. The Bertz CT molecular complexity index is 649. The molecule has 0 aromatic heterocycles. The first-order valence-corrected chi connectivity index (χ1v) is 8.65. The van der Waals surface area contributed by atoms with E-state index in [1.807, 2.05) is 38.1 Å². The number of amides is 1. The highest BCUT2D eigenvalue weighted by molar-refractivity contribution is 5.81. The number of carbonyl (C=O) groups excluding carboxylic acids is 1. The molecule has 0 aliphatic rings. The van der Waals surface area contributed by atoms with Gasteiger partial charge in [-0.15, -0.1) is 0 Å². The van der Waals surface area contributed by atoms with Gasteiger partial charge in [0.25, 0.3) is 5.91 Å². The molecule has 1 unspecified atom stereocenters. The van der Waals surface area contributed by atoms with E-state index in [9.17, 15) is 4.79 Å². The maximum Gasteiger partial charge on any atom is 0.261 e. The van der Waals surface area contributed by atoms with Gasteiger partial charge in [0.2, 0.25) is 0 Å². The third-order valence-electron chi connectivity index (χ3n) is 3.99. The molecular formula is C21H27NO2. The van der Waals surface area contributed by atoms with E-state index >= 15 is 0 Å². The van der Waals surface area contributed by atoms with Gasteiger partial charge in [0.1, 0.15) is 5.75 Å². The number of rotatable bonds is 8. The fourth-order valence-corrected chi connectivity index (χ4v) is 2.59. The molecule has 2 aromatic rings. The van der Waals surface area contributed by atoms with E-state index in [0.717, 1.165) is 18.6 Å². The summed E-state index contributed by atoms with van der Waals surface area (Å²) >= 11 is 0. The molecule has 1 atom stereocenters. The zero-order chi connectivity index (χ0) is 17.4. The van der Waals surface area contributed by atoms with Gasteiger partial charge >= 0.3 is 0 Å². The van der Waals surface area contributed by atoms with Crippen molar-refractivity contribution >= 4 is 5.91 Å². The molecule has 0 radical (unpaired) electrons. The molecule has 1 N–H and O–H groups in total. The fourth-order valence-electron chi connectivity index (χ4n) is 2.59. The molecule has 0 spiro atoms. The molecule has 24 heavy (non-hydrogen) atoms. The molecule has 3 heteroatoms. The van der Waals surface area contributed by atoms with Crippen molar-refractivity contribution in [1.29, 1.82) is 0 Å². The van der Waals surface area contributed by atoms with Crippen LogP contribution in [0.3, 0.4) is 0 Å². The Hall–Kier alpha value is -2.29. The molecule has 2 rings (SSSR count). The third-order valence-corrected chi connectivity index (χ3v) is 3.99. The van der Waals surface area contributed by atoms with Gasteiger partial charge in [-0.25, -0.2) is 0 Å². The zero-order valence-electron chi connectivity index (χ0n) is 14.8. The van der Waals surface area contributed by atoms with E-state index in [1.54, 1.807) is 0 Å². The molecule has 3 nitrogen and oxygen atoms in total. The molecule has 128 valence electrons. The second-order valence-corrected chi connectivity index (χ2v) is 6.21. The summed E-state index contributed by atoms with van der Waals surface area (Å²) in [6, 6.07) is 16.3. The quantitative estimate of drug-likeness (QED) is 0.738. The lowest BCUT2D eigenvalue weighted by atomic mass is 10.1. The van der Waals surface area contributed by atoms with E-state index in [2.05, 4.69) is 36.5 Å². The first-order valence-electron chi connectivity index (χ1n) is 8.65. The smallest absolute Gasteiger partial charge is 0.261 e. The molecule has 0 bridgehead atoms. The molecular weight excluding hydrogens is 298 g/mol. The maximum absolute atomic E-state index is 12.3. The Morgan fingerprint density at radius 1 is 1.08 bits per heavy atom. The van der Waals surface area contributed by atoms with E-state index in [4.69, 9.17) is 4.74 Å². The van der Waals surface area contributed by atoms with Gasteiger partial charge in [-0.1, -0.05) is 54.4 Å². The third kappa shape index (κ3) is 5.73. The monoisotopic (exact) mass is 325 g/mol. The van der Waals surface area contributed by atoms with E-state index in [0.29, 0.717) is 13.0 Å². The summed E-state index contributed by atoms with van der Waals surface area (Å²) in [5, 5.41) is 2.99. The molecule has 0 saturated carbocycles. The number of carbonyl (C=O) groups is 1. The number of hydrogen-bond donors (Lipinski definition) is 1. The van der Waals surface area contributed by atoms with Crippen LogP contribution >= 0.6 is 0 Å². The van der Waals surface area contributed by atoms with Crippen LogP contribution in [-0.2, 0) is 11.2 Å². The van der Waals surface area contributed by atoms with E-state index in [1.165, 1.54) is 16.7 Å². The Morgan fingerprint density at radius 2 is 1.83 bits per heavy atom. The number of ether oxygens (including phenoxy) is 1. The molecule has 0 aliphatic heterocycles. The average Bonchev–Trinajstić information content (AvgIpc) is 2.58. The summed E-state index contributed by atoms with van der Waals surface area (Å²) in [6.45, 7) is 6.76. The van der Waals surface area contributed by atoms with Crippen LogP contribution in [0, 0.1) is 13.8 Å². The van der Waals surface area contributed by atoms with Crippen molar-refractivity contribution in [3.05, 3.63) is 65.2 Å². The molecule has 1 amide bonds. The van der Waals surface area contributed by atoms with Gasteiger partial charge in [0.05, 0.1) is 0 Å².